The summed E-state index contributed by atoms with van der Waals surface area (Å²) >= 11 is 3.40. The van der Waals surface area contributed by atoms with Gasteiger partial charge in [0.1, 0.15) is 0 Å². The van der Waals surface area contributed by atoms with Crippen molar-refractivity contribution in [3.05, 3.63) is 46.2 Å². The van der Waals surface area contributed by atoms with Crippen LogP contribution < -0.4 is 5.32 Å². The molecule has 4 nitrogen and oxygen atoms in total. The Kier molecular flexibility index (Phi) is 6.20. The molecule has 0 aliphatic rings. The lowest BCUT2D eigenvalue weighted by atomic mass is 10.2. The van der Waals surface area contributed by atoms with Gasteiger partial charge in [0.15, 0.2) is 0 Å². The molecule has 2 aromatic heterocycles. The first-order chi connectivity index (χ1) is 10.1. The number of carbonyl (C=O) groups is 1. The SMILES string of the molecule is Cc1nc(CSCCC(=O)N[C@@H](C)c2ccccn2)cs1. The number of carbonyl (C=O) groups excluding carboxylic acids is 1. The van der Waals surface area contributed by atoms with Gasteiger partial charge in [-0.1, -0.05) is 6.07 Å². The van der Waals surface area contributed by atoms with Gasteiger partial charge in [-0.15, -0.1) is 11.3 Å². The lowest BCUT2D eigenvalue weighted by molar-refractivity contribution is -0.121. The minimum Gasteiger partial charge on any atom is -0.348 e. The van der Waals surface area contributed by atoms with Crippen LogP contribution in [0.15, 0.2) is 29.8 Å². The van der Waals surface area contributed by atoms with Gasteiger partial charge in [-0.25, -0.2) is 4.98 Å². The Balaban J connectivity index is 1.65. The zero-order valence-corrected chi connectivity index (χ0v) is 13.8. The van der Waals surface area contributed by atoms with Crippen LogP contribution in [0.5, 0.6) is 0 Å². The number of rotatable bonds is 7. The molecule has 1 atom stereocenters. The molecule has 0 saturated carbocycles. The van der Waals surface area contributed by atoms with Crippen molar-refractivity contribution in [1.29, 1.82) is 0 Å². The number of hydrogen-bond acceptors (Lipinski definition) is 5. The molecule has 0 radical (unpaired) electrons. The summed E-state index contributed by atoms with van der Waals surface area (Å²) in [5, 5.41) is 6.14. The highest BCUT2D eigenvalue weighted by Crippen LogP contribution is 2.16. The highest BCUT2D eigenvalue weighted by molar-refractivity contribution is 7.98. The van der Waals surface area contributed by atoms with E-state index in [9.17, 15) is 4.79 Å². The van der Waals surface area contributed by atoms with E-state index in [2.05, 4.69) is 20.7 Å². The molecule has 0 aliphatic heterocycles. The second-order valence-electron chi connectivity index (χ2n) is 4.70. The van der Waals surface area contributed by atoms with Crippen LogP contribution in [0.1, 0.15) is 35.8 Å². The number of thiazole rings is 1. The third-order valence-corrected chi connectivity index (χ3v) is 4.71. The van der Waals surface area contributed by atoms with Gasteiger partial charge in [0.25, 0.3) is 0 Å². The second-order valence-corrected chi connectivity index (χ2v) is 6.87. The van der Waals surface area contributed by atoms with E-state index in [-0.39, 0.29) is 11.9 Å². The van der Waals surface area contributed by atoms with Crippen molar-refractivity contribution in [3.8, 4) is 0 Å². The van der Waals surface area contributed by atoms with Crippen molar-refractivity contribution in [2.24, 2.45) is 0 Å². The quantitative estimate of drug-likeness (QED) is 0.795. The number of nitrogens with one attached hydrogen (secondary N) is 1. The molecule has 0 fully saturated rings. The summed E-state index contributed by atoms with van der Waals surface area (Å²) < 4.78 is 0. The van der Waals surface area contributed by atoms with Crippen molar-refractivity contribution in [3.63, 3.8) is 0 Å². The molecule has 2 heterocycles. The van der Waals surface area contributed by atoms with E-state index in [1.165, 1.54) is 0 Å². The molecule has 2 aromatic rings. The second kappa shape index (κ2) is 8.14. The zero-order valence-electron chi connectivity index (χ0n) is 12.2. The predicted molar refractivity (Wildman–Crippen MR) is 88.4 cm³/mol. The van der Waals surface area contributed by atoms with Crippen LogP contribution in [0, 0.1) is 6.92 Å². The van der Waals surface area contributed by atoms with Gasteiger partial charge in [0.2, 0.25) is 5.91 Å². The van der Waals surface area contributed by atoms with Gasteiger partial charge in [-0.05, 0) is 26.0 Å². The molecule has 1 amide bonds. The fraction of sp³-hybridized carbons (Fsp3) is 0.400. The summed E-state index contributed by atoms with van der Waals surface area (Å²) in [5.41, 5.74) is 1.99. The number of hydrogen-bond donors (Lipinski definition) is 1. The van der Waals surface area contributed by atoms with Crippen LogP contribution in [0.4, 0.5) is 0 Å². The largest absolute Gasteiger partial charge is 0.348 e. The minimum atomic E-state index is -0.0510. The number of aromatic nitrogens is 2. The summed E-state index contributed by atoms with van der Waals surface area (Å²) in [5.74, 6) is 1.74. The molecule has 112 valence electrons. The highest BCUT2D eigenvalue weighted by Gasteiger charge is 2.10. The molecule has 6 heteroatoms. The Morgan fingerprint density at radius 1 is 1.48 bits per heavy atom. The van der Waals surface area contributed by atoms with Crippen molar-refractivity contribution in [2.45, 2.75) is 32.1 Å². The average molecular weight is 321 g/mol. The van der Waals surface area contributed by atoms with E-state index in [0.717, 1.165) is 27.9 Å². The highest BCUT2D eigenvalue weighted by atomic mass is 32.2. The summed E-state index contributed by atoms with van der Waals surface area (Å²) in [7, 11) is 0. The van der Waals surface area contributed by atoms with Gasteiger partial charge >= 0.3 is 0 Å². The third-order valence-electron chi connectivity index (χ3n) is 2.90. The molecular formula is C15H19N3OS2. The maximum absolute atomic E-state index is 11.9. The number of pyridine rings is 1. The number of thioether (sulfide) groups is 1. The Labute approximate surface area is 133 Å². The van der Waals surface area contributed by atoms with E-state index >= 15 is 0 Å². The molecule has 0 aromatic carbocycles. The van der Waals surface area contributed by atoms with Gasteiger partial charge < -0.3 is 5.32 Å². The zero-order chi connectivity index (χ0) is 15.1. The molecule has 2 rings (SSSR count). The fourth-order valence-electron chi connectivity index (χ4n) is 1.84. The fourth-order valence-corrected chi connectivity index (χ4v) is 3.39. The van der Waals surface area contributed by atoms with E-state index < -0.39 is 0 Å². The Morgan fingerprint density at radius 3 is 3.00 bits per heavy atom. The number of nitrogens with zero attached hydrogens (tertiary/aromatic N) is 2. The van der Waals surface area contributed by atoms with Crippen molar-refractivity contribution in [2.75, 3.05) is 5.75 Å². The first kappa shape index (κ1) is 16.0. The lowest BCUT2D eigenvalue weighted by Gasteiger charge is -2.13. The van der Waals surface area contributed by atoms with Crippen LogP contribution >= 0.6 is 23.1 Å². The van der Waals surface area contributed by atoms with Gasteiger partial charge in [0.05, 0.1) is 22.4 Å². The number of amides is 1. The monoisotopic (exact) mass is 321 g/mol. The number of aryl methyl sites for hydroxylation is 1. The van der Waals surface area contributed by atoms with E-state index in [0.29, 0.717) is 6.42 Å². The first-order valence-corrected chi connectivity index (χ1v) is 8.87. The molecular weight excluding hydrogens is 302 g/mol. The van der Waals surface area contributed by atoms with E-state index in [1.807, 2.05) is 32.0 Å². The smallest absolute Gasteiger partial charge is 0.221 e. The Morgan fingerprint density at radius 2 is 2.33 bits per heavy atom. The first-order valence-electron chi connectivity index (χ1n) is 6.84. The Bertz CT molecular complexity index is 571. The maximum atomic E-state index is 11.9. The van der Waals surface area contributed by atoms with Crippen molar-refractivity contribution >= 4 is 29.0 Å². The van der Waals surface area contributed by atoms with Crippen molar-refractivity contribution < 1.29 is 4.79 Å². The summed E-state index contributed by atoms with van der Waals surface area (Å²) in [6.45, 7) is 3.96. The third kappa shape index (κ3) is 5.47. The van der Waals surface area contributed by atoms with Crippen molar-refractivity contribution in [1.82, 2.24) is 15.3 Å². The standard InChI is InChI=1S/C15H19N3OS2/c1-11(14-5-3-4-7-16-14)17-15(19)6-8-20-9-13-10-21-12(2)18-13/h3-5,7,10-11H,6,8-9H2,1-2H3,(H,17,19)/t11-/m0/s1. The summed E-state index contributed by atoms with van der Waals surface area (Å²) in [6.07, 6.45) is 2.26. The molecule has 0 unspecified atom stereocenters. The van der Waals surface area contributed by atoms with Crippen LogP contribution in [0.2, 0.25) is 0 Å². The van der Waals surface area contributed by atoms with Crippen LogP contribution in [-0.4, -0.2) is 21.6 Å². The normalized spacial score (nSPS) is 12.1. The predicted octanol–water partition coefficient (Wildman–Crippen LogP) is 3.35. The van der Waals surface area contributed by atoms with Gasteiger partial charge in [0, 0.05) is 29.5 Å². The van der Waals surface area contributed by atoms with Gasteiger partial charge in [-0.2, -0.15) is 11.8 Å². The Hall–Kier alpha value is -1.40. The molecule has 0 aliphatic carbocycles. The maximum Gasteiger partial charge on any atom is 0.221 e. The van der Waals surface area contributed by atoms with Crippen LogP contribution in [0.25, 0.3) is 0 Å². The lowest BCUT2D eigenvalue weighted by Crippen LogP contribution is -2.27. The van der Waals surface area contributed by atoms with Gasteiger partial charge in [-0.3, -0.25) is 9.78 Å². The molecule has 0 saturated heterocycles. The molecule has 1 N–H and O–H groups in total. The molecule has 0 spiro atoms. The molecule has 0 bridgehead atoms. The van der Waals surface area contributed by atoms with Crippen LogP contribution in [-0.2, 0) is 10.5 Å². The van der Waals surface area contributed by atoms with E-state index in [4.69, 9.17) is 0 Å². The van der Waals surface area contributed by atoms with Crippen LogP contribution in [0.3, 0.4) is 0 Å². The average Bonchev–Trinajstić information content (AvgIpc) is 2.90. The summed E-state index contributed by atoms with van der Waals surface area (Å²) in [4.78, 5) is 20.5. The topological polar surface area (TPSA) is 54.9 Å². The van der Waals surface area contributed by atoms with E-state index in [1.54, 1.807) is 29.3 Å². The summed E-state index contributed by atoms with van der Waals surface area (Å²) in [6, 6.07) is 5.67. The molecule has 21 heavy (non-hydrogen) atoms. The minimum absolute atomic E-state index is 0.0510.